The van der Waals surface area contributed by atoms with Crippen molar-refractivity contribution in [1.82, 2.24) is 10.6 Å². The van der Waals surface area contributed by atoms with E-state index in [1.807, 2.05) is 0 Å². The molecular weight excluding hydrogens is 256 g/mol. The molecule has 1 aliphatic rings. The van der Waals surface area contributed by atoms with Crippen molar-refractivity contribution >= 4 is 0 Å². The van der Waals surface area contributed by atoms with Crippen LogP contribution < -0.4 is 20.1 Å². The standard InChI is InChI=1S/C15H24N2O3/c1-19-14-8-11(9-16-5-3-7-18)15(20-2)12-4-6-17-10-13(12)14/h8,16-18H,3-7,9-10H2,1-2H3. The van der Waals surface area contributed by atoms with Gasteiger partial charge in [-0.25, -0.2) is 0 Å². The Bertz CT molecular complexity index is 449. The molecular formula is C15H24N2O3. The van der Waals surface area contributed by atoms with Crippen molar-refractivity contribution < 1.29 is 14.6 Å². The monoisotopic (exact) mass is 280 g/mol. The first-order valence-corrected chi connectivity index (χ1v) is 7.09. The predicted molar refractivity (Wildman–Crippen MR) is 78.4 cm³/mol. The quantitative estimate of drug-likeness (QED) is 0.646. The van der Waals surface area contributed by atoms with Crippen molar-refractivity contribution in [2.24, 2.45) is 0 Å². The molecule has 1 heterocycles. The van der Waals surface area contributed by atoms with Gasteiger partial charge in [-0.15, -0.1) is 0 Å². The average molecular weight is 280 g/mol. The molecule has 5 heteroatoms. The van der Waals surface area contributed by atoms with E-state index in [1.54, 1.807) is 14.2 Å². The van der Waals surface area contributed by atoms with E-state index in [4.69, 9.17) is 14.6 Å². The van der Waals surface area contributed by atoms with Gasteiger partial charge in [-0.05, 0) is 32.0 Å². The van der Waals surface area contributed by atoms with Crippen molar-refractivity contribution in [2.45, 2.75) is 25.9 Å². The van der Waals surface area contributed by atoms with Crippen LogP contribution >= 0.6 is 0 Å². The van der Waals surface area contributed by atoms with Crippen LogP contribution in [-0.2, 0) is 19.5 Å². The van der Waals surface area contributed by atoms with Crippen LogP contribution in [0.4, 0.5) is 0 Å². The summed E-state index contributed by atoms with van der Waals surface area (Å²) < 4.78 is 11.1. The molecule has 0 aromatic heterocycles. The summed E-state index contributed by atoms with van der Waals surface area (Å²) in [4.78, 5) is 0. The lowest BCUT2D eigenvalue weighted by molar-refractivity contribution is 0.286. The summed E-state index contributed by atoms with van der Waals surface area (Å²) in [6, 6.07) is 2.05. The van der Waals surface area contributed by atoms with Crippen LogP contribution in [0.15, 0.2) is 6.07 Å². The number of rotatable bonds is 7. The van der Waals surface area contributed by atoms with Crippen molar-refractivity contribution in [2.75, 3.05) is 33.9 Å². The van der Waals surface area contributed by atoms with Gasteiger partial charge in [0.05, 0.1) is 14.2 Å². The minimum Gasteiger partial charge on any atom is -0.496 e. The Morgan fingerprint density at radius 1 is 1.30 bits per heavy atom. The number of aliphatic hydroxyl groups is 1. The fraction of sp³-hybridized carbons (Fsp3) is 0.600. The van der Waals surface area contributed by atoms with Gasteiger partial charge in [0.25, 0.3) is 0 Å². The highest BCUT2D eigenvalue weighted by molar-refractivity contribution is 5.54. The number of ether oxygens (including phenoxy) is 2. The van der Waals surface area contributed by atoms with Crippen LogP contribution in [0.25, 0.3) is 0 Å². The van der Waals surface area contributed by atoms with Crippen LogP contribution in [0.3, 0.4) is 0 Å². The van der Waals surface area contributed by atoms with E-state index in [1.165, 1.54) is 11.1 Å². The van der Waals surface area contributed by atoms with E-state index in [9.17, 15) is 0 Å². The highest BCUT2D eigenvalue weighted by Gasteiger charge is 2.21. The zero-order chi connectivity index (χ0) is 14.4. The number of methoxy groups -OCH3 is 2. The average Bonchev–Trinajstić information content (AvgIpc) is 2.50. The summed E-state index contributed by atoms with van der Waals surface area (Å²) in [6.07, 6.45) is 1.72. The van der Waals surface area contributed by atoms with E-state index in [0.717, 1.165) is 56.1 Å². The molecule has 2 rings (SSSR count). The fourth-order valence-corrected chi connectivity index (χ4v) is 2.67. The molecule has 1 aromatic rings. The lowest BCUT2D eigenvalue weighted by Crippen LogP contribution is -2.25. The lowest BCUT2D eigenvalue weighted by atomic mass is 9.95. The maximum Gasteiger partial charge on any atom is 0.127 e. The van der Waals surface area contributed by atoms with Crippen molar-refractivity contribution in [3.8, 4) is 11.5 Å². The Kier molecular flexibility index (Phi) is 5.64. The van der Waals surface area contributed by atoms with Gasteiger partial charge >= 0.3 is 0 Å². The van der Waals surface area contributed by atoms with E-state index in [0.29, 0.717) is 0 Å². The molecule has 3 N–H and O–H groups in total. The topological polar surface area (TPSA) is 62.8 Å². The zero-order valence-corrected chi connectivity index (χ0v) is 12.3. The molecule has 0 atom stereocenters. The van der Waals surface area contributed by atoms with Crippen molar-refractivity contribution in [1.29, 1.82) is 0 Å². The van der Waals surface area contributed by atoms with Crippen LogP contribution in [0.1, 0.15) is 23.1 Å². The predicted octanol–water partition coefficient (Wildman–Crippen LogP) is 0.821. The molecule has 0 bridgehead atoms. The smallest absolute Gasteiger partial charge is 0.127 e. The third-order valence-electron chi connectivity index (χ3n) is 3.64. The molecule has 0 amide bonds. The summed E-state index contributed by atoms with van der Waals surface area (Å²) in [5, 5.41) is 15.5. The van der Waals surface area contributed by atoms with Crippen LogP contribution in [0.2, 0.25) is 0 Å². The maximum absolute atomic E-state index is 8.81. The maximum atomic E-state index is 8.81. The molecule has 0 saturated heterocycles. The Labute approximate surface area is 120 Å². The van der Waals surface area contributed by atoms with E-state index in [-0.39, 0.29) is 6.61 Å². The minimum atomic E-state index is 0.212. The molecule has 0 radical (unpaired) electrons. The molecule has 1 aromatic carbocycles. The largest absolute Gasteiger partial charge is 0.496 e. The molecule has 0 aliphatic carbocycles. The zero-order valence-electron chi connectivity index (χ0n) is 12.3. The van der Waals surface area contributed by atoms with Crippen LogP contribution in [0.5, 0.6) is 11.5 Å². The number of hydrogen-bond donors (Lipinski definition) is 3. The second kappa shape index (κ2) is 7.47. The number of aliphatic hydroxyl groups excluding tert-OH is 1. The Morgan fingerprint density at radius 3 is 2.85 bits per heavy atom. The van der Waals surface area contributed by atoms with Gasteiger partial charge in [0.15, 0.2) is 0 Å². The number of fused-ring (bicyclic) bond motifs is 1. The first-order valence-electron chi connectivity index (χ1n) is 7.09. The highest BCUT2D eigenvalue weighted by Crippen LogP contribution is 2.36. The van der Waals surface area contributed by atoms with Gasteiger partial charge < -0.3 is 25.2 Å². The molecule has 0 fully saturated rings. The summed E-state index contributed by atoms with van der Waals surface area (Å²) in [6.45, 7) is 3.52. The second-order valence-corrected chi connectivity index (χ2v) is 4.91. The van der Waals surface area contributed by atoms with E-state index in [2.05, 4.69) is 16.7 Å². The van der Waals surface area contributed by atoms with Gasteiger partial charge in [0.1, 0.15) is 11.5 Å². The van der Waals surface area contributed by atoms with Gasteiger partial charge in [-0.3, -0.25) is 0 Å². The normalized spacial score (nSPS) is 13.9. The summed E-state index contributed by atoms with van der Waals surface area (Å²) in [7, 11) is 3.43. The molecule has 0 saturated carbocycles. The molecule has 0 unspecified atom stereocenters. The fourth-order valence-electron chi connectivity index (χ4n) is 2.67. The summed E-state index contributed by atoms with van der Waals surface area (Å²) in [5.41, 5.74) is 3.57. The number of benzene rings is 1. The summed E-state index contributed by atoms with van der Waals surface area (Å²) in [5.74, 6) is 1.89. The third-order valence-corrected chi connectivity index (χ3v) is 3.64. The van der Waals surface area contributed by atoms with Crippen molar-refractivity contribution in [3.05, 3.63) is 22.8 Å². The SMILES string of the molecule is COc1cc(CNCCCO)c(OC)c2c1CNCC2. The number of nitrogens with one attached hydrogen (secondary N) is 2. The van der Waals surface area contributed by atoms with Crippen LogP contribution in [0, 0.1) is 0 Å². The first-order chi connectivity index (χ1) is 9.81. The minimum absolute atomic E-state index is 0.212. The Morgan fingerprint density at radius 2 is 2.15 bits per heavy atom. The lowest BCUT2D eigenvalue weighted by Gasteiger charge is -2.24. The van der Waals surface area contributed by atoms with Gasteiger partial charge in [-0.2, -0.15) is 0 Å². The first kappa shape index (κ1) is 15.1. The van der Waals surface area contributed by atoms with E-state index < -0.39 is 0 Å². The number of hydrogen-bond acceptors (Lipinski definition) is 5. The third kappa shape index (κ3) is 3.23. The van der Waals surface area contributed by atoms with E-state index >= 15 is 0 Å². The Balaban J connectivity index is 2.25. The molecule has 20 heavy (non-hydrogen) atoms. The molecule has 0 spiro atoms. The Hall–Kier alpha value is -1.30. The molecule has 112 valence electrons. The van der Waals surface area contributed by atoms with Gasteiger partial charge in [0, 0.05) is 36.4 Å². The van der Waals surface area contributed by atoms with Crippen molar-refractivity contribution in [3.63, 3.8) is 0 Å². The second-order valence-electron chi connectivity index (χ2n) is 4.91. The van der Waals surface area contributed by atoms with Gasteiger partial charge in [0.2, 0.25) is 0 Å². The van der Waals surface area contributed by atoms with Crippen LogP contribution in [-0.4, -0.2) is 39.0 Å². The molecule has 1 aliphatic heterocycles. The molecule has 5 nitrogen and oxygen atoms in total. The van der Waals surface area contributed by atoms with Gasteiger partial charge in [-0.1, -0.05) is 0 Å². The highest BCUT2D eigenvalue weighted by atomic mass is 16.5. The summed E-state index contributed by atoms with van der Waals surface area (Å²) >= 11 is 0.